The van der Waals surface area contributed by atoms with Crippen LogP contribution in [0, 0.1) is 17.0 Å². The molecule has 0 N–H and O–H groups in total. The van der Waals surface area contributed by atoms with E-state index in [-0.39, 0.29) is 11.3 Å². The summed E-state index contributed by atoms with van der Waals surface area (Å²) in [6.45, 7) is 1.56. The maximum Gasteiger partial charge on any atom is 0.283 e. The Labute approximate surface area is 80.5 Å². The Bertz CT molecular complexity index is 387. The SMILES string of the molecule is COc1cc(C)c([N+](=O)[O-])c(C=O)c1. The summed E-state index contributed by atoms with van der Waals surface area (Å²) >= 11 is 0. The lowest BCUT2D eigenvalue weighted by Crippen LogP contribution is -1.98. The molecular weight excluding hydrogens is 186 g/mol. The molecule has 0 unspecified atom stereocenters. The van der Waals surface area contributed by atoms with Crippen LogP contribution >= 0.6 is 0 Å². The first kappa shape index (κ1) is 10.2. The van der Waals surface area contributed by atoms with Gasteiger partial charge in [-0.2, -0.15) is 0 Å². The van der Waals surface area contributed by atoms with Crippen molar-refractivity contribution in [3.8, 4) is 5.75 Å². The number of nitro benzene ring substituents is 1. The molecule has 0 bridgehead atoms. The second-order valence-corrected chi connectivity index (χ2v) is 2.76. The van der Waals surface area contributed by atoms with Crippen LogP contribution in [0.25, 0.3) is 0 Å². The molecule has 0 aliphatic carbocycles. The number of rotatable bonds is 3. The minimum atomic E-state index is -0.571. The Morgan fingerprint density at radius 3 is 2.57 bits per heavy atom. The van der Waals surface area contributed by atoms with E-state index in [2.05, 4.69) is 0 Å². The molecule has 0 saturated heterocycles. The van der Waals surface area contributed by atoms with Crippen molar-refractivity contribution in [2.45, 2.75) is 6.92 Å². The van der Waals surface area contributed by atoms with Crippen LogP contribution in [0.3, 0.4) is 0 Å². The first-order valence-corrected chi connectivity index (χ1v) is 3.88. The van der Waals surface area contributed by atoms with Crippen molar-refractivity contribution in [1.29, 1.82) is 0 Å². The van der Waals surface area contributed by atoms with Gasteiger partial charge in [0.25, 0.3) is 5.69 Å². The normalized spacial score (nSPS) is 9.57. The summed E-state index contributed by atoms with van der Waals surface area (Å²) in [6, 6.07) is 2.86. The molecule has 74 valence electrons. The summed E-state index contributed by atoms with van der Waals surface area (Å²) in [4.78, 5) is 20.6. The number of benzene rings is 1. The number of nitro groups is 1. The Hall–Kier alpha value is -1.91. The fourth-order valence-corrected chi connectivity index (χ4v) is 1.23. The zero-order valence-corrected chi connectivity index (χ0v) is 7.81. The van der Waals surface area contributed by atoms with E-state index in [1.54, 1.807) is 6.92 Å². The van der Waals surface area contributed by atoms with E-state index < -0.39 is 4.92 Å². The highest BCUT2D eigenvalue weighted by atomic mass is 16.6. The van der Waals surface area contributed by atoms with Gasteiger partial charge in [0.15, 0.2) is 6.29 Å². The van der Waals surface area contributed by atoms with Crippen LogP contribution < -0.4 is 4.74 Å². The molecule has 0 atom stereocenters. The van der Waals surface area contributed by atoms with Gasteiger partial charge < -0.3 is 4.74 Å². The third-order valence-electron chi connectivity index (χ3n) is 1.85. The fourth-order valence-electron chi connectivity index (χ4n) is 1.23. The van der Waals surface area contributed by atoms with E-state index in [1.165, 1.54) is 19.2 Å². The minimum absolute atomic E-state index is 0.0341. The molecule has 1 aromatic carbocycles. The van der Waals surface area contributed by atoms with E-state index in [0.29, 0.717) is 17.6 Å². The number of aldehydes is 1. The number of carbonyl (C=O) groups is 1. The Morgan fingerprint density at radius 2 is 2.14 bits per heavy atom. The van der Waals surface area contributed by atoms with Gasteiger partial charge in [0, 0.05) is 5.56 Å². The lowest BCUT2D eigenvalue weighted by Gasteiger charge is -2.04. The summed E-state index contributed by atoms with van der Waals surface area (Å²) in [7, 11) is 1.44. The molecule has 0 fully saturated rings. The second kappa shape index (κ2) is 3.87. The summed E-state index contributed by atoms with van der Waals surface area (Å²) in [5, 5.41) is 10.6. The van der Waals surface area contributed by atoms with Crippen LogP contribution in [0.4, 0.5) is 5.69 Å². The van der Waals surface area contributed by atoms with Crippen LogP contribution in [-0.2, 0) is 0 Å². The van der Waals surface area contributed by atoms with E-state index >= 15 is 0 Å². The maximum absolute atomic E-state index is 10.6. The molecule has 0 aliphatic rings. The smallest absolute Gasteiger partial charge is 0.283 e. The fraction of sp³-hybridized carbons (Fsp3) is 0.222. The molecule has 0 saturated carbocycles. The molecule has 0 amide bonds. The van der Waals surface area contributed by atoms with Crippen molar-refractivity contribution >= 4 is 12.0 Å². The van der Waals surface area contributed by atoms with E-state index in [9.17, 15) is 14.9 Å². The van der Waals surface area contributed by atoms with Crippen LogP contribution in [-0.4, -0.2) is 18.3 Å². The maximum atomic E-state index is 10.6. The van der Waals surface area contributed by atoms with E-state index in [4.69, 9.17) is 4.74 Å². The van der Waals surface area contributed by atoms with Crippen molar-refractivity contribution in [1.82, 2.24) is 0 Å². The summed E-state index contributed by atoms with van der Waals surface area (Å²) in [5.41, 5.74) is 0.282. The topological polar surface area (TPSA) is 69.4 Å². The quantitative estimate of drug-likeness (QED) is 0.418. The first-order chi connectivity index (χ1) is 6.60. The number of hydrogen-bond donors (Lipinski definition) is 0. The highest BCUT2D eigenvalue weighted by Gasteiger charge is 2.18. The van der Waals surface area contributed by atoms with Gasteiger partial charge in [0.2, 0.25) is 0 Å². The third-order valence-corrected chi connectivity index (χ3v) is 1.85. The highest BCUT2D eigenvalue weighted by molar-refractivity contribution is 5.83. The summed E-state index contributed by atoms with van der Waals surface area (Å²) in [5.74, 6) is 0.440. The van der Waals surface area contributed by atoms with E-state index in [1.807, 2.05) is 0 Å². The predicted molar refractivity (Wildman–Crippen MR) is 49.8 cm³/mol. The zero-order valence-electron chi connectivity index (χ0n) is 7.81. The molecule has 0 aromatic heterocycles. The molecule has 0 aliphatic heterocycles. The van der Waals surface area contributed by atoms with Crippen LogP contribution in [0.1, 0.15) is 15.9 Å². The number of methoxy groups -OCH3 is 1. The van der Waals surface area contributed by atoms with Crippen molar-refractivity contribution < 1.29 is 14.5 Å². The largest absolute Gasteiger partial charge is 0.497 e. The first-order valence-electron chi connectivity index (χ1n) is 3.88. The monoisotopic (exact) mass is 195 g/mol. The average Bonchev–Trinajstić information content (AvgIpc) is 2.15. The number of carbonyl (C=O) groups excluding carboxylic acids is 1. The molecule has 14 heavy (non-hydrogen) atoms. The van der Waals surface area contributed by atoms with Crippen molar-refractivity contribution in [2.75, 3.05) is 7.11 Å². The molecule has 0 heterocycles. The molecule has 0 radical (unpaired) electrons. The average molecular weight is 195 g/mol. The third kappa shape index (κ3) is 1.71. The summed E-state index contributed by atoms with van der Waals surface area (Å²) in [6.07, 6.45) is 0.452. The van der Waals surface area contributed by atoms with Gasteiger partial charge >= 0.3 is 0 Å². The molecule has 1 rings (SSSR count). The van der Waals surface area contributed by atoms with Gasteiger partial charge in [0.05, 0.1) is 17.6 Å². The second-order valence-electron chi connectivity index (χ2n) is 2.76. The van der Waals surface area contributed by atoms with Crippen LogP contribution in [0.15, 0.2) is 12.1 Å². The Morgan fingerprint density at radius 1 is 1.50 bits per heavy atom. The van der Waals surface area contributed by atoms with Crippen molar-refractivity contribution in [3.63, 3.8) is 0 Å². The lowest BCUT2D eigenvalue weighted by molar-refractivity contribution is -0.385. The Balaban J connectivity index is 3.42. The predicted octanol–water partition coefficient (Wildman–Crippen LogP) is 1.72. The van der Waals surface area contributed by atoms with Gasteiger partial charge in [0.1, 0.15) is 5.75 Å². The van der Waals surface area contributed by atoms with Gasteiger partial charge in [-0.05, 0) is 19.1 Å². The number of nitrogens with zero attached hydrogens (tertiary/aromatic N) is 1. The highest BCUT2D eigenvalue weighted by Crippen LogP contribution is 2.27. The molecule has 5 heteroatoms. The number of hydrogen-bond acceptors (Lipinski definition) is 4. The van der Waals surface area contributed by atoms with Crippen LogP contribution in [0.2, 0.25) is 0 Å². The van der Waals surface area contributed by atoms with Crippen LogP contribution in [0.5, 0.6) is 5.75 Å². The zero-order chi connectivity index (χ0) is 10.7. The Kier molecular flexibility index (Phi) is 2.81. The van der Waals surface area contributed by atoms with Gasteiger partial charge in [-0.3, -0.25) is 14.9 Å². The summed E-state index contributed by atoms with van der Waals surface area (Å²) < 4.78 is 4.89. The van der Waals surface area contributed by atoms with Crippen molar-refractivity contribution in [3.05, 3.63) is 33.4 Å². The van der Waals surface area contributed by atoms with E-state index in [0.717, 1.165) is 0 Å². The van der Waals surface area contributed by atoms with Crippen molar-refractivity contribution in [2.24, 2.45) is 0 Å². The lowest BCUT2D eigenvalue weighted by atomic mass is 10.1. The molecule has 0 spiro atoms. The molecular formula is C9H9NO4. The van der Waals surface area contributed by atoms with Gasteiger partial charge in [-0.1, -0.05) is 0 Å². The standard InChI is InChI=1S/C9H9NO4/c1-6-3-8(14-2)4-7(5-11)9(6)10(12)13/h3-5H,1-2H3. The molecule has 1 aromatic rings. The number of ether oxygens (including phenoxy) is 1. The van der Waals surface area contributed by atoms with Gasteiger partial charge in [-0.25, -0.2) is 0 Å². The van der Waals surface area contributed by atoms with Gasteiger partial charge in [-0.15, -0.1) is 0 Å². The minimum Gasteiger partial charge on any atom is -0.497 e. The number of aryl methyl sites for hydroxylation is 1. The molecule has 5 nitrogen and oxygen atoms in total.